The quantitative estimate of drug-likeness (QED) is 0.552. The van der Waals surface area contributed by atoms with Gasteiger partial charge in [-0.05, 0) is 54.1 Å². The summed E-state index contributed by atoms with van der Waals surface area (Å²) in [5.74, 6) is 1.29. The zero-order valence-electron chi connectivity index (χ0n) is 10.9. The molecule has 0 atom stereocenters. The molecule has 0 fully saturated rings. The van der Waals surface area contributed by atoms with Crippen molar-refractivity contribution in [2.24, 2.45) is 0 Å². The fraction of sp³-hybridized carbons (Fsp3) is 0.500. The smallest absolute Gasteiger partial charge is 0.221 e. The molecule has 0 radical (unpaired) electrons. The molecule has 0 saturated carbocycles. The molecule has 4 heteroatoms. The third-order valence-corrected chi connectivity index (χ3v) is 3.73. The summed E-state index contributed by atoms with van der Waals surface area (Å²) in [6.45, 7) is 6.81. The number of hydrogen-bond acceptors (Lipinski definition) is 2. The number of carbonyl (C=O) groups excluding carboxylic acids is 1. The minimum atomic E-state index is -0.310. The van der Waals surface area contributed by atoms with Crippen LogP contribution in [0.3, 0.4) is 0 Å². The molecule has 0 aliphatic carbocycles. The molecule has 0 bridgehead atoms. The van der Waals surface area contributed by atoms with Crippen LogP contribution in [-0.2, 0) is 4.79 Å². The Kier molecular flexibility index (Phi) is 6.16. The van der Waals surface area contributed by atoms with Gasteiger partial charge in [0, 0.05) is 10.9 Å². The summed E-state index contributed by atoms with van der Waals surface area (Å²) in [4.78, 5) is 10.6. The summed E-state index contributed by atoms with van der Waals surface area (Å²) >= 11 is 8.82. The maximum atomic E-state index is 10.6. The predicted molar refractivity (Wildman–Crippen MR) is 78.6 cm³/mol. The molecule has 0 aliphatic rings. The molecule has 18 heavy (non-hydrogen) atoms. The van der Waals surface area contributed by atoms with Crippen LogP contribution in [-0.4, -0.2) is 11.8 Å². The highest BCUT2D eigenvalue weighted by molar-refractivity contribution is 9.10. The van der Waals surface area contributed by atoms with E-state index in [9.17, 15) is 4.79 Å². The summed E-state index contributed by atoms with van der Waals surface area (Å²) in [7, 11) is 0. The fourth-order valence-electron chi connectivity index (χ4n) is 1.64. The van der Waals surface area contributed by atoms with Crippen molar-refractivity contribution >= 4 is 32.8 Å². The standard InChI is InChI=1S/C14H18BrClO2/c1-9(2)11-8-12(15)10(3)7-13(11)18-6-4-5-14(16)17/h7-9H,4-6H2,1-3H3. The summed E-state index contributed by atoms with van der Waals surface area (Å²) in [6, 6.07) is 4.13. The molecule has 100 valence electrons. The first-order chi connectivity index (χ1) is 8.41. The average Bonchev–Trinajstić information content (AvgIpc) is 2.28. The first-order valence-corrected chi connectivity index (χ1v) is 7.20. The van der Waals surface area contributed by atoms with Gasteiger partial charge < -0.3 is 4.74 Å². The van der Waals surface area contributed by atoms with Gasteiger partial charge in [-0.25, -0.2) is 0 Å². The first-order valence-electron chi connectivity index (χ1n) is 6.03. The van der Waals surface area contributed by atoms with Gasteiger partial charge in [-0.2, -0.15) is 0 Å². The predicted octanol–water partition coefficient (Wildman–Crippen LogP) is 4.81. The monoisotopic (exact) mass is 332 g/mol. The van der Waals surface area contributed by atoms with E-state index in [2.05, 4.69) is 35.8 Å². The second kappa shape index (κ2) is 7.15. The van der Waals surface area contributed by atoms with Gasteiger partial charge in [0.1, 0.15) is 5.75 Å². The van der Waals surface area contributed by atoms with E-state index >= 15 is 0 Å². The molecule has 0 aromatic heterocycles. The highest BCUT2D eigenvalue weighted by Gasteiger charge is 2.11. The molecular weight excluding hydrogens is 316 g/mol. The van der Waals surface area contributed by atoms with Crippen molar-refractivity contribution in [3.05, 3.63) is 27.7 Å². The van der Waals surface area contributed by atoms with E-state index in [1.165, 1.54) is 5.56 Å². The van der Waals surface area contributed by atoms with E-state index in [4.69, 9.17) is 16.3 Å². The lowest BCUT2D eigenvalue weighted by Crippen LogP contribution is -2.03. The van der Waals surface area contributed by atoms with Crippen molar-refractivity contribution in [1.82, 2.24) is 0 Å². The SMILES string of the molecule is Cc1cc(OCCCC(=O)Cl)c(C(C)C)cc1Br. The molecule has 0 heterocycles. The van der Waals surface area contributed by atoms with Crippen LogP contribution in [0.4, 0.5) is 0 Å². The lowest BCUT2D eigenvalue weighted by molar-refractivity contribution is -0.111. The average molecular weight is 334 g/mol. The Hall–Kier alpha value is -0.540. The van der Waals surface area contributed by atoms with E-state index in [0.29, 0.717) is 25.4 Å². The van der Waals surface area contributed by atoms with E-state index in [1.54, 1.807) is 0 Å². The lowest BCUT2D eigenvalue weighted by atomic mass is 10.0. The molecule has 1 aromatic rings. The van der Waals surface area contributed by atoms with Gasteiger partial charge in [0.15, 0.2) is 0 Å². The van der Waals surface area contributed by atoms with Gasteiger partial charge in [-0.1, -0.05) is 29.8 Å². The number of carbonyl (C=O) groups is 1. The van der Waals surface area contributed by atoms with Crippen molar-refractivity contribution in [3.8, 4) is 5.75 Å². The van der Waals surface area contributed by atoms with E-state index in [0.717, 1.165) is 15.8 Å². The molecule has 1 rings (SSSR count). The molecular formula is C14H18BrClO2. The highest BCUT2D eigenvalue weighted by Crippen LogP contribution is 2.32. The Morgan fingerprint density at radius 1 is 1.44 bits per heavy atom. The van der Waals surface area contributed by atoms with Gasteiger partial charge in [0.05, 0.1) is 6.61 Å². The summed E-state index contributed by atoms with van der Waals surface area (Å²) in [6.07, 6.45) is 1.00. The molecule has 0 aliphatic heterocycles. The van der Waals surface area contributed by atoms with Crippen LogP contribution in [0.25, 0.3) is 0 Å². The number of aryl methyl sites for hydroxylation is 1. The summed E-state index contributed by atoms with van der Waals surface area (Å²) in [5.41, 5.74) is 2.31. The van der Waals surface area contributed by atoms with Crippen molar-refractivity contribution in [2.75, 3.05) is 6.61 Å². The van der Waals surface area contributed by atoms with Gasteiger partial charge in [0.25, 0.3) is 0 Å². The van der Waals surface area contributed by atoms with Crippen LogP contribution < -0.4 is 4.74 Å². The summed E-state index contributed by atoms with van der Waals surface area (Å²) in [5, 5.41) is -0.310. The molecule has 0 unspecified atom stereocenters. The Morgan fingerprint density at radius 3 is 2.67 bits per heavy atom. The van der Waals surface area contributed by atoms with E-state index < -0.39 is 0 Å². The third-order valence-electron chi connectivity index (χ3n) is 2.69. The van der Waals surface area contributed by atoms with Crippen LogP contribution in [0.1, 0.15) is 43.7 Å². The minimum Gasteiger partial charge on any atom is -0.493 e. The number of ether oxygens (including phenoxy) is 1. The van der Waals surface area contributed by atoms with Crippen LogP contribution >= 0.6 is 27.5 Å². The second-order valence-corrected chi connectivity index (χ2v) is 5.88. The molecule has 0 spiro atoms. The van der Waals surface area contributed by atoms with Gasteiger partial charge >= 0.3 is 0 Å². The maximum absolute atomic E-state index is 10.6. The Bertz CT molecular complexity index is 430. The van der Waals surface area contributed by atoms with Crippen LogP contribution in [0.2, 0.25) is 0 Å². The van der Waals surface area contributed by atoms with Crippen LogP contribution in [0.5, 0.6) is 5.75 Å². The third kappa shape index (κ3) is 4.62. The largest absolute Gasteiger partial charge is 0.493 e. The van der Waals surface area contributed by atoms with Crippen LogP contribution in [0, 0.1) is 6.92 Å². The van der Waals surface area contributed by atoms with Crippen molar-refractivity contribution < 1.29 is 9.53 Å². The van der Waals surface area contributed by atoms with Crippen molar-refractivity contribution in [1.29, 1.82) is 0 Å². The van der Waals surface area contributed by atoms with Gasteiger partial charge in [-0.15, -0.1) is 0 Å². The van der Waals surface area contributed by atoms with Gasteiger partial charge in [0.2, 0.25) is 5.24 Å². The molecule has 0 saturated heterocycles. The summed E-state index contributed by atoms with van der Waals surface area (Å²) < 4.78 is 6.85. The van der Waals surface area contributed by atoms with Crippen molar-refractivity contribution in [3.63, 3.8) is 0 Å². The van der Waals surface area contributed by atoms with Crippen molar-refractivity contribution in [2.45, 2.75) is 39.5 Å². The first kappa shape index (κ1) is 15.5. The van der Waals surface area contributed by atoms with Crippen LogP contribution in [0.15, 0.2) is 16.6 Å². The number of hydrogen-bond donors (Lipinski definition) is 0. The second-order valence-electron chi connectivity index (χ2n) is 4.60. The molecule has 0 amide bonds. The fourth-order valence-corrected chi connectivity index (χ4v) is 2.13. The van der Waals surface area contributed by atoms with E-state index in [-0.39, 0.29) is 5.24 Å². The lowest BCUT2D eigenvalue weighted by Gasteiger charge is -2.15. The Labute approximate surface area is 122 Å². The number of halogens is 2. The zero-order valence-corrected chi connectivity index (χ0v) is 13.3. The maximum Gasteiger partial charge on any atom is 0.221 e. The molecule has 1 aromatic carbocycles. The Morgan fingerprint density at radius 2 is 2.11 bits per heavy atom. The minimum absolute atomic E-state index is 0.310. The van der Waals surface area contributed by atoms with E-state index in [1.807, 2.05) is 13.0 Å². The molecule has 2 nitrogen and oxygen atoms in total. The number of benzene rings is 1. The normalized spacial score (nSPS) is 10.8. The molecule has 0 N–H and O–H groups in total. The zero-order chi connectivity index (χ0) is 13.7. The highest BCUT2D eigenvalue weighted by atomic mass is 79.9. The Balaban J connectivity index is 2.74. The van der Waals surface area contributed by atoms with Gasteiger partial charge in [-0.3, -0.25) is 4.79 Å². The topological polar surface area (TPSA) is 26.3 Å². The number of rotatable bonds is 6.